The Bertz CT molecular complexity index is 595. The van der Waals surface area contributed by atoms with Gasteiger partial charge in [0.05, 0.1) is 4.47 Å². The number of hydrogen-bond acceptors (Lipinski definition) is 1. The largest absolute Gasteiger partial charge is 0.366 e. The molecule has 0 saturated carbocycles. The standard InChI is InChI=1S/C12H9BrFNO/c1-6-2-7-5-11(14)10(13)4-8(7)3-9(6)12(15)16/h2-5H,1H3,(H2,15,16). The topological polar surface area (TPSA) is 43.1 Å². The summed E-state index contributed by atoms with van der Waals surface area (Å²) in [5, 5.41) is 1.54. The molecule has 1 amide bonds. The first-order chi connectivity index (χ1) is 7.49. The average Bonchev–Trinajstić information content (AvgIpc) is 2.19. The molecular weight excluding hydrogens is 273 g/mol. The molecule has 2 aromatic carbocycles. The first-order valence-electron chi connectivity index (χ1n) is 4.68. The summed E-state index contributed by atoms with van der Waals surface area (Å²) in [7, 11) is 0. The lowest BCUT2D eigenvalue weighted by Gasteiger charge is -2.06. The van der Waals surface area contributed by atoms with Gasteiger partial charge in [0.15, 0.2) is 0 Å². The van der Waals surface area contributed by atoms with Crippen LogP contribution in [0.4, 0.5) is 4.39 Å². The fraction of sp³-hybridized carbons (Fsp3) is 0.0833. The molecule has 4 heteroatoms. The zero-order chi connectivity index (χ0) is 11.9. The second kappa shape index (κ2) is 3.87. The van der Waals surface area contributed by atoms with Gasteiger partial charge in [-0.3, -0.25) is 4.79 Å². The number of hydrogen-bond donors (Lipinski definition) is 1. The first-order valence-corrected chi connectivity index (χ1v) is 5.47. The molecule has 0 aliphatic carbocycles. The Labute approximate surface area is 100 Å². The van der Waals surface area contributed by atoms with Gasteiger partial charge in [0.25, 0.3) is 0 Å². The van der Waals surface area contributed by atoms with Gasteiger partial charge in [-0.25, -0.2) is 4.39 Å². The quantitative estimate of drug-likeness (QED) is 0.857. The molecule has 2 rings (SSSR count). The molecule has 2 nitrogen and oxygen atoms in total. The Morgan fingerprint density at radius 2 is 1.88 bits per heavy atom. The van der Waals surface area contributed by atoms with Crippen LogP contribution >= 0.6 is 15.9 Å². The highest BCUT2D eigenvalue weighted by molar-refractivity contribution is 9.10. The second-order valence-corrected chi connectivity index (χ2v) is 4.50. The van der Waals surface area contributed by atoms with Gasteiger partial charge in [0, 0.05) is 5.56 Å². The summed E-state index contributed by atoms with van der Waals surface area (Å²) < 4.78 is 13.7. The highest BCUT2D eigenvalue weighted by atomic mass is 79.9. The summed E-state index contributed by atoms with van der Waals surface area (Å²) in [5.74, 6) is -0.793. The zero-order valence-corrected chi connectivity index (χ0v) is 10.1. The Hall–Kier alpha value is -1.42. The molecule has 0 saturated heterocycles. The van der Waals surface area contributed by atoms with Gasteiger partial charge in [-0.05, 0) is 57.4 Å². The van der Waals surface area contributed by atoms with Crippen molar-refractivity contribution in [3.05, 3.63) is 45.7 Å². The summed E-state index contributed by atoms with van der Waals surface area (Å²) in [6.07, 6.45) is 0. The number of halogens is 2. The molecule has 0 spiro atoms. The summed E-state index contributed by atoms with van der Waals surface area (Å²) in [6.45, 7) is 1.78. The third-order valence-corrected chi connectivity index (χ3v) is 3.10. The molecule has 0 radical (unpaired) electrons. The van der Waals surface area contributed by atoms with Crippen LogP contribution < -0.4 is 5.73 Å². The summed E-state index contributed by atoms with van der Waals surface area (Å²) in [5.41, 5.74) is 6.46. The van der Waals surface area contributed by atoms with Gasteiger partial charge in [-0.1, -0.05) is 6.07 Å². The molecule has 0 bridgehead atoms. The number of rotatable bonds is 1. The summed E-state index contributed by atoms with van der Waals surface area (Å²) >= 11 is 3.11. The molecular formula is C12H9BrFNO. The normalized spacial score (nSPS) is 10.7. The third-order valence-electron chi connectivity index (χ3n) is 2.49. The molecule has 0 aliphatic rings. The van der Waals surface area contributed by atoms with E-state index in [1.165, 1.54) is 6.07 Å². The molecule has 2 aromatic rings. The van der Waals surface area contributed by atoms with E-state index in [0.717, 1.165) is 16.3 Å². The second-order valence-electron chi connectivity index (χ2n) is 3.64. The minimum Gasteiger partial charge on any atom is -0.366 e. The van der Waals surface area contributed by atoms with Crippen molar-refractivity contribution in [1.82, 2.24) is 0 Å². The number of carbonyl (C=O) groups is 1. The van der Waals surface area contributed by atoms with Crippen molar-refractivity contribution in [2.75, 3.05) is 0 Å². The van der Waals surface area contributed by atoms with Crippen LogP contribution in [-0.2, 0) is 0 Å². The zero-order valence-electron chi connectivity index (χ0n) is 8.55. The fourth-order valence-corrected chi connectivity index (χ4v) is 2.03. The molecule has 0 atom stereocenters. The van der Waals surface area contributed by atoms with Crippen molar-refractivity contribution >= 4 is 32.6 Å². The Balaban J connectivity index is 2.79. The van der Waals surface area contributed by atoms with E-state index < -0.39 is 5.91 Å². The number of nitrogens with two attached hydrogens (primary N) is 1. The van der Waals surface area contributed by atoms with E-state index in [4.69, 9.17) is 5.73 Å². The van der Waals surface area contributed by atoms with Gasteiger partial charge < -0.3 is 5.73 Å². The maximum atomic E-state index is 13.3. The van der Waals surface area contributed by atoms with Gasteiger partial charge >= 0.3 is 0 Å². The highest BCUT2D eigenvalue weighted by Gasteiger charge is 2.08. The smallest absolute Gasteiger partial charge is 0.248 e. The molecule has 0 aromatic heterocycles. The Morgan fingerprint density at radius 3 is 2.50 bits per heavy atom. The Morgan fingerprint density at radius 1 is 1.25 bits per heavy atom. The van der Waals surface area contributed by atoms with E-state index in [9.17, 15) is 9.18 Å². The Kier molecular flexibility index (Phi) is 2.68. The molecule has 2 N–H and O–H groups in total. The van der Waals surface area contributed by atoms with E-state index in [2.05, 4.69) is 15.9 Å². The van der Waals surface area contributed by atoms with E-state index in [-0.39, 0.29) is 5.82 Å². The predicted octanol–water partition coefficient (Wildman–Crippen LogP) is 3.15. The van der Waals surface area contributed by atoms with Gasteiger partial charge in [0.1, 0.15) is 5.82 Å². The monoisotopic (exact) mass is 281 g/mol. The van der Waals surface area contributed by atoms with Gasteiger partial charge in [-0.2, -0.15) is 0 Å². The molecule has 0 unspecified atom stereocenters. The lowest BCUT2D eigenvalue weighted by Crippen LogP contribution is -2.12. The number of primary amides is 1. The van der Waals surface area contributed by atoms with Crippen molar-refractivity contribution in [3.63, 3.8) is 0 Å². The van der Waals surface area contributed by atoms with Crippen LogP contribution in [0.5, 0.6) is 0 Å². The van der Waals surface area contributed by atoms with E-state index in [1.807, 2.05) is 0 Å². The van der Waals surface area contributed by atoms with Crippen LogP contribution in [0.2, 0.25) is 0 Å². The van der Waals surface area contributed by atoms with E-state index in [0.29, 0.717) is 10.0 Å². The summed E-state index contributed by atoms with van der Waals surface area (Å²) in [6, 6.07) is 6.50. The van der Waals surface area contributed by atoms with Crippen molar-refractivity contribution in [2.24, 2.45) is 5.73 Å². The van der Waals surface area contributed by atoms with E-state index in [1.54, 1.807) is 25.1 Å². The number of aryl methyl sites for hydroxylation is 1. The SMILES string of the molecule is Cc1cc2cc(F)c(Br)cc2cc1C(N)=O. The lowest BCUT2D eigenvalue weighted by atomic mass is 10.0. The molecule has 0 aliphatic heterocycles. The van der Waals surface area contributed by atoms with Crippen LogP contribution in [0.15, 0.2) is 28.7 Å². The van der Waals surface area contributed by atoms with Crippen molar-refractivity contribution in [3.8, 4) is 0 Å². The lowest BCUT2D eigenvalue weighted by molar-refractivity contribution is 0.1000. The predicted molar refractivity (Wildman–Crippen MR) is 64.9 cm³/mol. The number of amides is 1. The summed E-state index contributed by atoms with van der Waals surface area (Å²) in [4.78, 5) is 11.2. The highest BCUT2D eigenvalue weighted by Crippen LogP contribution is 2.25. The molecule has 16 heavy (non-hydrogen) atoms. The average molecular weight is 282 g/mol. The van der Waals surface area contributed by atoms with Crippen molar-refractivity contribution < 1.29 is 9.18 Å². The van der Waals surface area contributed by atoms with Gasteiger partial charge in [-0.15, -0.1) is 0 Å². The molecule has 0 heterocycles. The first kappa shape index (κ1) is 11.1. The molecule has 0 fully saturated rings. The van der Waals surface area contributed by atoms with Crippen LogP contribution in [0, 0.1) is 12.7 Å². The van der Waals surface area contributed by atoms with Crippen LogP contribution in [0.3, 0.4) is 0 Å². The van der Waals surface area contributed by atoms with Crippen molar-refractivity contribution in [2.45, 2.75) is 6.92 Å². The molecule has 82 valence electrons. The van der Waals surface area contributed by atoms with Crippen LogP contribution in [0.25, 0.3) is 10.8 Å². The maximum absolute atomic E-state index is 13.3. The van der Waals surface area contributed by atoms with Crippen LogP contribution in [-0.4, -0.2) is 5.91 Å². The maximum Gasteiger partial charge on any atom is 0.248 e. The third kappa shape index (κ3) is 1.80. The van der Waals surface area contributed by atoms with Crippen LogP contribution in [0.1, 0.15) is 15.9 Å². The number of benzene rings is 2. The van der Waals surface area contributed by atoms with Crippen molar-refractivity contribution in [1.29, 1.82) is 0 Å². The minimum atomic E-state index is -0.472. The van der Waals surface area contributed by atoms with E-state index >= 15 is 0 Å². The minimum absolute atomic E-state index is 0.321. The van der Waals surface area contributed by atoms with Gasteiger partial charge in [0.2, 0.25) is 5.91 Å². The number of fused-ring (bicyclic) bond motifs is 1. The number of carbonyl (C=O) groups excluding carboxylic acids is 1. The fourth-order valence-electron chi connectivity index (χ4n) is 1.67.